The van der Waals surface area contributed by atoms with Gasteiger partial charge < -0.3 is 5.32 Å². The normalized spacial score (nSPS) is 13.6. The van der Waals surface area contributed by atoms with Crippen molar-refractivity contribution in [3.05, 3.63) is 53.3 Å². The van der Waals surface area contributed by atoms with Crippen molar-refractivity contribution in [2.24, 2.45) is 13.0 Å². The number of rotatable bonds is 7. The van der Waals surface area contributed by atoms with E-state index in [0.29, 0.717) is 12.3 Å². The quantitative estimate of drug-likeness (QED) is 0.849. The second-order valence-corrected chi connectivity index (χ2v) is 6.43. The van der Waals surface area contributed by atoms with Crippen LogP contribution in [0.2, 0.25) is 0 Å². The van der Waals surface area contributed by atoms with Crippen LogP contribution < -0.4 is 5.32 Å². The van der Waals surface area contributed by atoms with Crippen molar-refractivity contribution in [3.8, 4) is 0 Å². The van der Waals surface area contributed by atoms with Gasteiger partial charge in [-0.1, -0.05) is 37.3 Å². The third-order valence-corrected chi connectivity index (χ3v) is 4.42. The molecule has 0 aliphatic heterocycles. The van der Waals surface area contributed by atoms with Gasteiger partial charge in [0, 0.05) is 24.7 Å². The number of aromatic nitrogens is 2. The van der Waals surface area contributed by atoms with Gasteiger partial charge in [0.2, 0.25) is 5.91 Å². The molecular formula is C19H27N3O. The molecule has 1 heterocycles. The number of carbonyl (C=O) groups excluding carboxylic acids is 1. The molecular weight excluding hydrogens is 286 g/mol. The Kier molecular flexibility index (Phi) is 5.97. The molecule has 0 saturated heterocycles. The summed E-state index contributed by atoms with van der Waals surface area (Å²) in [4.78, 5) is 12.2. The molecule has 124 valence electrons. The number of nitrogens with zero attached hydrogens (tertiary/aromatic N) is 2. The van der Waals surface area contributed by atoms with E-state index in [1.807, 2.05) is 37.8 Å². The van der Waals surface area contributed by atoms with Crippen LogP contribution in [0.3, 0.4) is 0 Å². The number of hydrogen-bond acceptors (Lipinski definition) is 2. The van der Waals surface area contributed by atoms with E-state index >= 15 is 0 Å². The first kappa shape index (κ1) is 17.3. The summed E-state index contributed by atoms with van der Waals surface area (Å²) in [5, 5.41) is 7.32. The van der Waals surface area contributed by atoms with Gasteiger partial charge in [-0.05, 0) is 38.2 Å². The summed E-state index contributed by atoms with van der Waals surface area (Å²) in [7, 11) is 1.92. The molecule has 1 aromatic carbocycles. The van der Waals surface area contributed by atoms with Crippen molar-refractivity contribution in [1.29, 1.82) is 0 Å². The van der Waals surface area contributed by atoms with Gasteiger partial charge in [-0.3, -0.25) is 9.48 Å². The number of carbonyl (C=O) groups is 1. The third kappa shape index (κ3) is 4.95. The Morgan fingerprint density at radius 2 is 1.96 bits per heavy atom. The molecule has 1 N–H and O–H groups in total. The maximum Gasteiger partial charge on any atom is 0.220 e. The Bertz CT molecular complexity index is 633. The molecule has 2 aromatic rings. The molecule has 4 heteroatoms. The number of benzene rings is 1. The Labute approximate surface area is 138 Å². The molecule has 0 saturated carbocycles. The van der Waals surface area contributed by atoms with Gasteiger partial charge in [0.15, 0.2) is 0 Å². The molecule has 1 aromatic heterocycles. The molecule has 2 rings (SSSR count). The van der Waals surface area contributed by atoms with Gasteiger partial charge in [-0.25, -0.2) is 0 Å². The van der Waals surface area contributed by atoms with Crippen molar-refractivity contribution in [2.75, 3.05) is 0 Å². The topological polar surface area (TPSA) is 46.9 Å². The van der Waals surface area contributed by atoms with Crippen molar-refractivity contribution in [1.82, 2.24) is 15.1 Å². The van der Waals surface area contributed by atoms with Crippen LogP contribution in [-0.2, 0) is 18.3 Å². The maximum absolute atomic E-state index is 12.2. The summed E-state index contributed by atoms with van der Waals surface area (Å²) < 4.78 is 1.83. The first-order chi connectivity index (χ1) is 11.0. The summed E-state index contributed by atoms with van der Waals surface area (Å²) in [6.07, 6.45) is 4.44. The molecule has 0 aliphatic rings. The van der Waals surface area contributed by atoms with Gasteiger partial charge in [0.05, 0.1) is 12.2 Å². The number of nitrogens with one attached hydrogen (secondary N) is 1. The lowest BCUT2D eigenvalue weighted by Crippen LogP contribution is -2.28. The highest BCUT2D eigenvalue weighted by Gasteiger charge is 2.16. The van der Waals surface area contributed by atoms with Gasteiger partial charge in [-0.15, -0.1) is 0 Å². The van der Waals surface area contributed by atoms with Crippen LogP contribution in [0.15, 0.2) is 36.5 Å². The zero-order valence-electron chi connectivity index (χ0n) is 14.5. The summed E-state index contributed by atoms with van der Waals surface area (Å²) in [5.41, 5.74) is 3.51. The van der Waals surface area contributed by atoms with E-state index in [4.69, 9.17) is 0 Å². The van der Waals surface area contributed by atoms with Crippen LogP contribution in [0, 0.1) is 12.8 Å². The minimum atomic E-state index is -0.00229. The van der Waals surface area contributed by atoms with E-state index in [1.165, 1.54) is 5.56 Å². The number of amides is 1. The second-order valence-electron chi connectivity index (χ2n) is 6.43. The van der Waals surface area contributed by atoms with Crippen LogP contribution in [0.4, 0.5) is 0 Å². The smallest absolute Gasteiger partial charge is 0.220 e. The van der Waals surface area contributed by atoms with Gasteiger partial charge in [0.25, 0.3) is 0 Å². The predicted molar refractivity (Wildman–Crippen MR) is 93.0 cm³/mol. The minimum Gasteiger partial charge on any atom is -0.349 e. The zero-order chi connectivity index (χ0) is 16.8. The SMILES string of the molecule is Cc1c([C@H](C)NC(=O)C[C@H](C)CCc2ccccc2)cnn1C. The average molecular weight is 313 g/mol. The van der Waals surface area contributed by atoms with Crippen LogP contribution in [0.1, 0.15) is 49.6 Å². The van der Waals surface area contributed by atoms with E-state index < -0.39 is 0 Å². The number of hydrogen-bond donors (Lipinski definition) is 1. The Balaban J connectivity index is 1.78. The summed E-state index contributed by atoms with van der Waals surface area (Å²) in [5.74, 6) is 0.485. The molecule has 4 nitrogen and oxygen atoms in total. The standard InChI is InChI=1S/C19H27N3O/c1-14(10-11-17-8-6-5-7-9-17)12-19(23)21-15(2)18-13-20-22(4)16(18)3/h5-9,13-15H,10-12H2,1-4H3,(H,21,23)/t14-,15+/m1/s1. The highest BCUT2D eigenvalue weighted by atomic mass is 16.1. The summed E-state index contributed by atoms with van der Waals surface area (Å²) >= 11 is 0. The molecule has 0 bridgehead atoms. The van der Waals surface area contributed by atoms with Gasteiger partial charge >= 0.3 is 0 Å². The average Bonchev–Trinajstić information content (AvgIpc) is 2.86. The first-order valence-corrected chi connectivity index (χ1v) is 8.29. The van der Waals surface area contributed by atoms with Crippen LogP contribution >= 0.6 is 0 Å². The fraction of sp³-hybridized carbons (Fsp3) is 0.474. The molecule has 0 aliphatic carbocycles. The summed E-state index contributed by atoms with van der Waals surface area (Å²) in [6.45, 7) is 6.17. The van der Waals surface area contributed by atoms with Crippen molar-refractivity contribution in [2.45, 2.75) is 46.1 Å². The largest absolute Gasteiger partial charge is 0.349 e. The lowest BCUT2D eigenvalue weighted by Gasteiger charge is -2.16. The Morgan fingerprint density at radius 1 is 1.26 bits per heavy atom. The highest BCUT2D eigenvalue weighted by Crippen LogP contribution is 2.17. The summed E-state index contributed by atoms with van der Waals surface area (Å²) in [6, 6.07) is 10.4. The van der Waals surface area contributed by atoms with Crippen molar-refractivity contribution >= 4 is 5.91 Å². The molecule has 0 unspecified atom stereocenters. The zero-order valence-corrected chi connectivity index (χ0v) is 14.5. The van der Waals surface area contributed by atoms with E-state index in [0.717, 1.165) is 24.1 Å². The molecule has 2 atom stereocenters. The van der Waals surface area contributed by atoms with E-state index in [-0.39, 0.29) is 11.9 Å². The third-order valence-electron chi connectivity index (χ3n) is 4.42. The van der Waals surface area contributed by atoms with Gasteiger partial charge in [-0.2, -0.15) is 5.10 Å². The van der Waals surface area contributed by atoms with Crippen LogP contribution in [0.25, 0.3) is 0 Å². The molecule has 0 fully saturated rings. The minimum absolute atomic E-state index is 0.00229. The molecule has 1 amide bonds. The molecule has 23 heavy (non-hydrogen) atoms. The number of aryl methyl sites for hydroxylation is 2. The fourth-order valence-corrected chi connectivity index (χ4v) is 2.80. The fourth-order valence-electron chi connectivity index (χ4n) is 2.80. The van der Waals surface area contributed by atoms with Crippen molar-refractivity contribution in [3.63, 3.8) is 0 Å². The lowest BCUT2D eigenvalue weighted by molar-refractivity contribution is -0.122. The molecule has 0 radical (unpaired) electrons. The first-order valence-electron chi connectivity index (χ1n) is 8.29. The van der Waals surface area contributed by atoms with Crippen LogP contribution in [0.5, 0.6) is 0 Å². The van der Waals surface area contributed by atoms with E-state index in [1.54, 1.807) is 0 Å². The molecule has 0 spiro atoms. The predicted octanol–water partition coefficient (Wildman–Crippen LogP) is 3.56. The van der Waals surface area contributed by atoms with Crippen molar-refractivity contribution < 1.29 is 4.79 Å². The van der Waals surface area contributed by atoms with Crippen LogP contribution in [-0.4, -0.2) is 15.7 Å². The van der Waals surface area contributed by atoms with E-state index in [9.17, 15) is 4.79 Å². The van der Waals surface area contributed by atoms with E-state index in [2.05, 4.69) is 41.6 Å². The monoisotopic (exact) mass is 313 g/mol. The highest BCUT2D eigenvalue weighted by molar-refractivity contribution is 5.76. The van der Waals surface area contributed by atoms with Gasteiger partial charge in [0.1, 0.15) is 0 Å². The lowest BCUT2D eigenvalue weighted by atomic mass is 9.97. The maximum atomic E-state index is 12.2. The Morgan fingerprint density at radius 3 is 2.57 bits per heavy atom. The Hall–Kier alpha value is -2.10. The second kappa shape index (κ2) is 7.95.